The van der Waals surface area contributed by atoms with E-state index in [1.807, 2.05) is 0 Å². The van der Waals surface area contributed by atoms with Crippen molar-refractivity contribution >= 4 is 0 Å². The smallest absolute Gasteiger partial charge is 0.0876 e. The van der Waals surface area contributed by atoms with Crippen molar-refractivity contribution in [2.75, 3.05) is 13.2 Å². The second-order valence-corrected chi connectivity index (χ2v) is 6.36. The summed E-state index contributed by atoms with van der Waals surface area (Å²) in [4.78, 5) is 0. The molecule has 2 rings (SSSR count). The highest BCUT2D eigenvalue weighted by Gasteiger charge is 2.41. The number of benzene rings is 1. The minimum Gasteiger partial charge on any atom is -0.373 e. The molecule has 1 aliphatic carbocycles. The summed E-state index contributed by atoms with van der Waals surface area (Å²) in [6.45, 7) is 8.39. The van der Waals surface area contributed by atoms with Crippen LogP contribution in [0.2, 0.25) is 0 Å². The van der Waals surface area contributed by atoms with E-state index < -0.39 is 0 Å². The third kappa shape index (κ3) is 4.08. The van der Waals surface area contributed by atoms with Gasteiger partial charge in [0.2, 0.25) is 0 Å². The Morgan fingerprint density at radius 3 is 2.57 bits per heavy atom. The number of hydrogen-bond acceptors (Lipinski definition) is 2. The molecule has 1 fully saturated rings. The average Bonchev–Trinajstić information content (AvgIpc) is 2.49. The molecule has 1 atom stereocenters. The van der Waals surface area contributed by atoms with Gasteiger partial charge in [-0.05, 0) is 45.2 Å². The fraction of sp³-hybridized carbons (Fsp3) is 0.684. The van der Waals surface area contributed by atoms with E-state index in [9.17, 15) is 0 Å². The predicted octanol–water partition coefficient (Wildman–Crippen LogP) is 4.78. The van der Waals surface area contributed by atoms with Crippen LogP contribution in [0.5, 0.6) is 0 Å². The van der Waals surface area contributed by atoms with Gasteiger partial charge in [0, 0.05) is 6.61 Å². The van der Waals surface area contributed by atoms with Crippen molar-refractivity contribution in [3.63, 3.8) is 0 Å². The zero-order chi connectivity index (χ0) is 15.1. The van der Waals surface area contributed by atoms with Gasteiger partial charge in [-0.1, -0.05) is 56.0 Å². The summed E-state index contributed by atoms with van der Waals surface area (Å²) >= 11 is 0. The zero-order valence-corrected chi connectivity index (χ0v) is 14.0. The largest absolute Gasteiger partial charge is 0.373 e. The molecule has 1 N–H and O–H groups in total. The molecular formula is C19H31NO. The van der Waals surface area contributed by atoms with Gasteiger partial charge in [0.25, 0.3) is 0 Å². The lowest BCUT2D eigenvalue weighted by atomic mass is 9.76. The molecule has 0 spiro atoms. The lowest BCUT2D eigenvalue weighted by molar-refractivity contribution is -0.0912. The van der Waals surface area contributed by atoms with Crippen LogP contribution in [0.15, 0.2) is 24.3 Å². The van der Waals surface area contributed by atoms with Crippen LogP contribution in [0.25, 0.3) is 0 Å². The summed E-state index contributed by atoms with van der Waals surface area (Å²) in [5, 5.41) is 3.78. The van der Waals surface area contributed by atoms with Crippen LogP contribution >= 0.6 is 0 Å². The Labute approximate surface area is 130 Å². The van der Waals surface area contributed by atoms with E-state index in [-0.39, 0.29) is 5.60 Å². The van der Waals surface area contributed by atoms with Gasteiger partial charge in [-0.25, -0.2) is 0 Å². The van der Waals surface area contributed by atoms with Gasteiger partial charge in [-0.15, -0.1) is 0 Å². The maximum absolute atomic E-state index is 6.36. The number of hydrogen-bond donors (Lipinski definition) is 1. The van der Waals surface area contributed by atoms with Gasteiger partial charge < -0.3 is 10.1 Å². The fourth-order valence-corrected chi connectivity index (χ4v) is 3.70. The Morgan fingerprint density at radius 2 is 1.95 bits per heavy atom. The SMILES string of the molecule is CCCNC(c1cccc(C)c1)C1(OCC)CCCCC1. The van der Waals surface area contributed by atoms with E-state index in [1.54, 1.807) is 0 Å². The Balaban J connectivity index is 2.31. The number of rotatable bonds is 7. The average molecular weight is 289 g/mol. The number of aryl methyl sites for hydroxylation is 1. The minimum absolute atomic E-state index is 0.0179. The van der Waals surface area contributed by atoms with Gasteiger partial charge >= 0.3 is 0 Å². The normalized spacial score (nSPS) is 19.4. The molecule has 1 unspecified atom stereocenters. The first kappa shape index (κ1) is 16.5. The van der Waals surface area contributed by atoms with Crippen molar-refractivity contribution in [3.8, 4) is 0 Å². The van der Waals surface area contributed by atoms with Crippen molar-refractivity contribution in [3.05, 3.63) is 35.4 Å². The van der Waals surface area contributed by atoms with Crippen LogP contribution in [-0.4, -0.2) is 18.8 Å². The molecule has 2 nitrogen and oxygen atoms in total. The summed E-state index contributed by atoms with van der Waals surface area (Å²) in [5.74, 6) is 0. The van der Waals surface area contributed by atoms with Crippen LogP contribution in [0.4, 0.5) is 0 Å². The molecule has 0 aromatic heterocycles. The second kappa shape index (κ2) is 7.95. The highest BCUT2D eigenvalue weighted by Crippen LogP contribution is 2.41. The Kier molecular flexibility index (Phi) is 6.25. The molecule has 0 saturated heterocycles. The summed E-state index contributed by atoms with van der Waals surface area (Å²) in [6, 6.07) is 9.25. The summed E-state index contributed by atoms with van der Waals surface area (Å²) in [7, 11) is 0. The van der Waals surface area contributed by atoms with E-state index >= 15 is 0 Å². The molecular weight excluding hydrogens is 258 g/mol. The minimum atomic E-state index is -0.0179. The monoisotopic (exact) mass is 289 g/mol. The molecule has 0 heterocycles. The molecule has 1 aromatic rings. The van der Waals surface area contributed by atoms with E-state index in [4.69, 9.17) is 4.74 Å². The Morgan fingerprint density at radius 1 is 1.19 bits per heavy atom. The Hall–Kier alpha value is -0.860. The first-order chi connectivity index (χ1) is 10.2. The van der Waals surface area contributed by atoms with Crippen LogP contribution < -0.4 is 5.32 Å². The quantitative estimate of drug-likeness (QED) is 0.780. The third-order valence-electron chi connectivity index (χ3n) is 4.63. The fourth-order valence-electron chi connectivity index (χ4n) is 3.70. The maximum atomic E-state index is 6.36. The molecule has 1 aliphatic rings. The van der Waals surface area contributed by atoms with Crippen molar-refractivity contribution in [2.24, 2.45) is 0 Å². The van der Waals surface area contributed by atoms with Crippen LogP contribution in [0.1, 0.15) is 69.5 Å². The van der Waals surface area contributed by atoms with Gasteiger partial charge in [-0.3, -0.25) is 0 Å². The van der Waals surface area contributed by atoms with Gasteiger partial charge in [0.1, 0.15) is 0 Å². The first-order valence-electron chi connectivity index (χ1n) is 8.66. The Bertz CT molecular complexity index is 418. The van der Waals surface area contributed by atoms with E-state index in [2.05, 4.69) is 50.4 Å². The molecule has 0 radical (unpaired) electrons. The predicted molar refractivity (Wildman–Crippen MR) is 89.7 cm³/mol. The second-order valence-electron chi connectivity index (χ2n) is 6.36. The summed E-state index contributed by atoms with van der Waals surface area (Å²) in [5.41, 5.74) is 2.70. The van der Waals surface area contributed by atoms with Crippen LogP contribution in [0.3, 0.4) is 0 Å². The molecule has 21 heavy (non-hydrogen) atoms. The van der Waals surface area contributed by atoms with Crippen molar-refractivity contribution in [2.45, 2.75) is 70.9 Å². The molecule has 0 bridgehead atoms. The zero-order valence-electron chi connectivity index (χ0n) is 14.0. The van der Waals surface area contributed by atoms with Crippen molar-refractivity contribution in [1.29, 1.82) is 0 Å². The molecule has 1 aromatic carbocycles. The molecule has 0 aliphatic heterocycles. The topological polar surface area (TPSA) is 21.3 Å². The number of ether oxygens (including phenoxy) is 1. The summed E-state index contributed by atoms with van der Waals surface area (Å²) < 4.78 is 6.36. The first-order valence-corrected chi connectivity index (χ1v) is 8.66. The standard InChI is InChI=1S/C19H31NO/c1-4-14-20-18(17-11-9-10-16(3)15-17)19(21-5-2)12-7-6-8-13-19/h9-11,15,18,20H,4-8,12-14H2,1-3H3. The van der Waals surface area contributed by atoms with Crippen molar-refractivity contribution < 1.29 is 4.74 Å². The van der Waals surface area contributed by atoms with Crippen LogP contribution in [0, 0.1) is 6.92 Å². The molecule has 1 saturated carbocycles. The highest BCUT2D eigenvalue weighted by atomic mass is 16.5. The van der Waals surface area contributed by atoms with E-state index in [0.717, 1.165) is 19.6 Å². The molecule has 2 heteroatoms. The van der Waals surface area contributed by atoms with Gasteiger partial charge in [0.15, 0.2) is 0 Å². The molecule has 118 valence electrons. The van der Waals surface area contributed by atoms with Gasteiger partial charge in [-0.2, -0.15) is 0 Å². The molecule has 0 amide bonds. The lowest BCUT2D eigenvalue weighted by Crippen LogP contribution is -2.48. The van der Waals surface area contributed by atoms with E-state index in [1.165, 1.54) is 43.2 Å². The number of nitrogens with one attached hydrogen (secondary N) is 1. The van der Waals surface area contributed by atoms with Gasteiger partial charge in [0.05, 0.1) is 11.6 Å². The van der Waals surface area contributed by atoms with Crippen molar-refractivity contribution in [1.82, 2.24) is 5.32 Å². The van der Waals surface area contributed by atoms with E-state index in [0.29, 0.717) is 6.04 Å². The third-order valence-corrected chi connectivity index (χ3v) is 4.63. The summed E-state index contributed by atoms with van der Waals surface area (Å²) in [6.07, 6.45) is 7.44. The lowest BCUT2D eigenvalue weighted by Gasteiger charge is -2.44. The highest BCUT2D eigenvalue weighted by molar-refractivity contribution is 5.27. The maximum Gasteiger partial charge on any atom is 0.0876 e. The van der Waals surface area contributed by atoms with Crippen LogP contribution in [-0.2, 0) is 4.74 Å².